The molecule has 0 aliphatic rings. The second-order valence-electron chi connectivity index (χ2n) is 5.14. The molecular weight excluding hydrogens is 314 g/mol. The highest BCUT2D eigenvalue weighted by molar-refractivity contribution is 7.13. The number of methoxy groups -OCH3 is 1. The van der Waals surface area contributed by atoms with Crippen LogP contribution in [-0.2, 0) is 11.2 Å². The maximum Gasteiger partial charge on any atom is 0.309 e. The average Bonchev–Trinajstić information content (AvgIpc) is 2.99. The molecule has 0 radical (unpaired) electrons. The van der Waals surface area contributed by atoms with Crippen LogP contribution in [0.25, 0.3) is 10.6 Å². The lowest BCUT2D eigenvalue weighted by atomic mass is 10.2. The van der Waals surface area contributed by atoms with Crippen molar-refractivity contribution in [2.45, 2.75) is 32.6 Å². The molecule has 0 atom stereocenters. The molecule has 0 amide bonds. The fraction of sp³-hybridized carbons (Fsp3) is 0.412. The van der Waals surface area contributed by atoms with E-state index in [0.717, 1.165) is 29.8 Å². The molecule has 124 valence electrons. The standard InChI is InChI=1S/C17H21NO4S/c1-3-4-5-8-22-15-9-12(6-7-14(15)21-2)17-18-13(11-23-17)10-16(19)20/h6-7,9,11H,3-5,8,10H2,1-2H3,(H,19,20). The largest absolute Gasteiger partial charge is 0.493 e. The van der Waals surface area contributed by atoms with Crippen LogP contribution in [0.3, 0.4) is 0 Å². The van der Waals surface area contributed by atoms with Crippen LogP contribution >= 0.6 is 11.3 Å². The molecule has 1 aromatic heterocycles. The van der Waals surface area contributed by atoms with E-state index in [-0.39, 0.29) is 6.42 Å². The number of unbranched alkanes of at least 4 members (excludes halogenated alkanes) is 2. The fourth-order valence-electron chi connectivity index (χ4n) is 2.13. The first-order valence-electron chi connectivity index (χ1n) is 7.61. The van der Waals surface area contributed by atoms with Gasteiger partial charge in [-0.25, -0.2) is 4.98 Å². The van der Waals surface area contributed by atoms with Gasteiger partial charge in [0.25, 0.3) is 0 Å². The molecule has 0 fully saturated rings. The molecule has 5 nitrogen and oxygen atoms in total. The molecule has 2 aromatic rings. The first kappa shape index (κ1) is 17.3. The van der Waals surface area contributed by atoms with E-state index in [2.05, 4.69) is 11.9 Å². The Morgan fingerprint density at radius 2 is 2.13 bits per heavy atom. The Hall–Kier alpha value is -2.08. The number of benzene rings is 1. The maximum absolute atomic E-state index is 10.8. The Bertz CT molecular complexity index is 654. The number of carboxylic acids is 1. The van der Waals surface area contributed by atoms with Gasteiger partial charge >= 0.3 is 5.97 Å². The number of nitrogens with zero attached hydrogens (tertiary/aromatic N) is 1. The minimum absolute atomic E-state index is 0.0625. The number of rotatable bonds is 9. The summed E-state index contributed by atoms with van der Waals surface area (Å²) >= 11 is 1.43. The van der Waals surface area contributed by atoms with Gasteiger partial charge in [0, 0.05) is 10.9 Å². The third-order valence-electron chi connectivity index (χ3n) is 3.30. The zero-order valence-electron chi connectivity index (χ0n) is 13.4. The Morgan fingerprint density at radius 1 is 1.30 bits per heavy atom. The highest BCUT2D eigenvalue weighted by Crippen LogP contribution is 2.34. The van der Waals surface area contributed by atoms with Crippen LogP contribution in [0.5, 0.6) is 11.5 Å². The monoisotopic (exact) mass is 335 g/mol. The Labute approximate surface area is 139 Å². The predicted molar refractivity (Wildman–Crippen MR) is 90.5 cm³/mol. The highest BCUT2D eigenvalue weighted by atomic mass is 32.1. The SMILES string of the molecule is CCCCCOc1cc(-c2nc(CC(=O)O)cs2)ccc1OC. The minimum atomic E-state index is -0.878. The number of aromatic nitrogens is 1. The van der Waals surface area contributed by atoms with Crippen molar-refractivity contribution in [3.8, 4) is 22.1 Å². The third-order valence-corrected chi connectivity index (χ3v) is 4.24. The van der Waals surface area contributed by atoms with Gasteiger partial charge in [-0.15, -0.1) is 11.3 Å². The van der Waals surface area contributed by atoms with Crippen molar-refractivity contribution >= 4 is 17.3 Å². The molecule has 1 N–H and O–H groups in total. The van der Waals surface area contributed by atoms with Crippen LogP contribution in [0, 0.1) is 0 Å². The lowest BCUT2D eigenvalue weighted by Crippen LogP contribution is -2.00. The summed E-state index contributed by atoms with van der Waals surface area (Å²) in [5, 5.41) is 11.4. The van der Waals surface area contributed by atoms with E-state index in [0.29, 0.717) is 23.8 Å². The van der Waals surface area contributed by atoms with Crippen molar-refractivity contribution in [3.63, 3.8) is 0 Å². The van der Waals surface area contributed by atoms with Gasteiger partial charge in [-0.1, -0.05) is 19.8 Å². The van der Waals surface area contributed by atoms with Crippen molar-refractivity contribution in [2.75, 3.05) is 13.7 Å². The second-order valence-corrected chi connectivity index (χ2v) is 5.99. The number of aliphatic carboxylic acids is 1. The first-order chi connectivity index (χ1) is 11.1. The van der Waals surface area contributed by atoms with Gasteiger partial charge in [-0.3, -0.25) is 4.79 Å². The van der Waals surface area contributed by atoms with Crippen LogP contribution in [-0.4, -0.2) is 29.8 Å². The number of ether oxygens (including phenoxy) is 2. The van der Waals surface area contributed by atoms with Crippen molar-refractivity contribution in [2.24, 2.45) is 0 Å². The summed E-state index contributed by atoms with van der Waals surface area (Å²) < 4.78 is 11.2. The number of carboxylic acid groups (broad SMARTS) is 1. The molecular formula is C17H21NO4S. The highest BCUT2D eigenvalue weighted by Gasteiger charge is 2.11. The van der Waals surface area contributed by atoms with E-state index in [9.17, 15) is 4.79 Å². The molecule has 0 spiro atoms. The normalized spacial score (nSPS) is 10.5. The summed E-state index contributed by atoms with van der Waals surface area (Å²) in [6, 6.07) is 5.65. The van der Waals surface area contributed by atoms with Crippen LogP contribution in [0.1, 0.15) is 31.9 Å². The molecule has 23 heavy (non-hydrogen) atoms. The number of hydrogen-bond acceptors (Lipinski definition) is 5. The Kier molecular flexibility index (Phi) is 6.40. The van der Waals surface area contributed by atoms with Crippen molar-refractivity contribution in [3.05, 3.63) is 29.3 Å². The van der Waals surface area contributed by atoms with Crippen LogP contribution in [0.15, 0.2) is 23.6 Å². The Balaban J connectivity index is 2.15. The van der Waals surface area contributed by atoms with Crippen molar-refractivity contribution in [1.82, 2.24) is 4.98 Å². The van der Waals surface area contributed by atoms with Gasteiger partial charge < -0.3 is 14.6 Å². The van der Waals surface area contributed by atoms with Gasteiger partial charge in [-0.2, -0.15) is 0 Å². The topological polar surface area (TPSA) is 68.7 Å². The van der Waals surface area contributed by atoms with Gasteiger partial charge in [0.2, 0.25) is 0 Å². The third kappa shape index (κ3) is 4.96. The molecule has 0 unspecified atom stereocenters. The lowest BCUT2D eigenvalue weighted by molar-refractivity contribution is -0.136. The molecule has 6 heteroatoms. The van der Waals surface area contributed by atoms with Crippen LogP contribution in [0.2, 0.25) is 0 Å². The van der Waals surface area contributed by atoms with E-state index >= 15 is 0 Å². The summed E-state index contributed by atoms with van der Waals surface area (Å²) in [6.07, 6.45) is 3.22. The van der Waals surface area contributed by atoms with E-state index in [4.69, 9.17) is 14.6 Å². The zero-order chi connectivity index (χ0) is 16.7. The molecule has 0 aliphatic heterocycles. The molecule has 0 bridgehead atoms. The van der Waals surface area contributed by atoms with Gasteiger partial charge in [0.1, 0.15) is 5.01 Å². The maximum atomic E-state index is 10.8. The fourth-order valence-corrected chi connectivity index (χ4v) is 2.95. The second kappa shape index (κ2) is 8.53. The van der Waals surface area contributed by atoms with Crippen molar-refractivity contribution < 1.29 is 19.4 Å². The van der Waals surface area contributed by atoms with Crippen molar-refractivity contribution in [1.29, 1.82) is 0 Å². The van der Waals surface area contributed by atoms with Gasteiger partial charge in [0.05, 0.1) is 25.8 Å². The summed E-state index contributed by atoms with van der Waals surface area (Å²) in [4.78, 5) is 15.1. The zero-order valence-corrected chi connectivity index (χ0v) is 14.2. The predicted octanol–water partition coefficient (Wildman–Crippen LogP) is 4.01. The van der Waals surface area contributed by atoms with E-state index in [1.165, 1.54) is 11.3 Å². The average molecular weight is 335 g/mol. The molecule has 0 saturated heterocycles. The molecule has 0 saturated carbocycles. The summed E-state index contributed by atoms with van der Waals surface area (Å²) in [5.74, 6) is 0.500. The number of thiazole rings is 1. The molecule has 1 heterocycles. The molecule has 2 rings (SSSR count). The summed E-state index contributed by atoms with van der Waals surface area (Å²) in [5.41, 5.74) is 1.47. The quantitative estimate of drug-likeness (QED) is 0.701. The van der Waals surface area contributed by atoms with Gasteiger partial charge in [0.15, 0.2) is 11.5 Å². The van der Waals surface area contributed by atoms with Gasteiger partial charge in [-0.05, 0) is 24.6 Å². The van der Waals surface area contributed by atoms with E-state index < -0.39 is 5.97 Å². The van der Waals surface area contributed by atoms with Crippen LogP contribution in [0.4, 0.5) is 0 Å². The van der Waals surface area contributed by atoms with Crippen LogP contribution < -0.4 is 9.47 Å². The number of carbonyl (C=O) groups is 1. The lowest BCUT2D eigenvalue weighted by Gasteiger charge is -2.11. The first-order valence-corrected chi connectivity index (χ1v) is 8.49. The minimum Gasteiger partial charge on any atom is -0.493 e. The smallest absolute Gasteiger partial charge is 0.309 e. The summed E-state index contributed by atoms with van der Waals surface area (Å²) in [6.45, 7) is 2.80. The van der Waals surface area contributed by atoms with E-state index in [1.807, 2.05) is 18.2 Å². The Morgan fingerprint density at radius 3 is 2.83 bits per heavy atom. The summed E-state index contributed by atoms with van der Waals surface area (Å²) in [7, 11) is 1.61. The van der Waals surface area contributed by atoms with E-state index in [1.54, 1.807) is 12.5 Å². The number of hydrogen-bond donors (Lipinski definition) is 1. The molecule has 0 aliphatic carbocycles. The molecule has 1 aromatic carbocycles.